The zero-order chi connectivity index (χ0) is 12.3. The minimum Gasteiger partial charge on any atom is -0.396 e. The van der Waals surface area contributed by atoms with Crippen LogP contribution < -0.4 is 0 Å². The molecule has 0 saturated carbocycles. The molecule has 0 aliphatic rings. The molecule has 1 unspecified atom stereocenters. The summed E-state index contributed by atoms with van der Waals surface area (Å²) in [7, 11) is 0. The number of aliphatic hydroxyl groups excluding tert-OH is 1. The van der Waals surface area contributed by atoms with Crippen LogP contribution in [0.25, 0.3) is 0 Å². The summed E-state index contributed by atoms with van der Waals surface area (Å²) in [4.78, 5) is 4.63. The summed E-state index contributed by atoms with van der Waals surface area (Å²) in [5.41, 5.74) is 1.15. The molecule has 0 spiro atoms. The Morgan fingerprint density at radius 3 is 2.76 bits per heavy atom. The average Bonchev–Trinajstić information content (AvgIpc) is 2.37. The number of hydrogen-bond donors (Lipinski definition) is 1. The van der Waals surface area contributed by atoms with E-state index in [0.29, 0.717) is 6.04 Å². The molecule has 0 bridgehead atoms. The fraction of sp³-hybridized carbons (Fsp3) is 0.500. The number of thioether (sulfide) groups is 1. The van der Waals surface area contributed by atoms with Crippen LogP contribution in [0.4, 0.5) is 0 Å². The first kappa shape index (κ1) is 14.3. The van der Waals surface area contributed by atoms with Gasteiger partial charge in [-0.15, -0.1) is 0 Å². The lowest BCUT2D eigenvalue weighted by Gasteiger charge is -2.10. The van der Waals surface area contributed by atoms with Crippen LogP contribution in [0.3, 0.4) is 0 Å². The van der Waals surface area contributed by atoms with Gasteiger partial charge in [0.1, 0.15) is 0 Å². The Morgan fingerprint density at radius 2 is 2.12 bits per heavy atom. The van der Waals surface area contributed by atoms with E-state index >= 15 is 0 Å². The van der Waals surface area contributed by atoms with E-state index in [2.05, 4.69) is 24.0 Å². The highest BCUT2D eigenvalue weighted by atomic mass is 32.2. The van der Waals surface area contributed by atoms with Crippen molar-refractivity contribution in [1.82, 2.24) is 0 Å². The van der Waals surface area contributed by atoms with Crippen molar-refractivity contribution in [2.75, 3.05) is 18.1 Å². The van der Waals surface area contributed by atoms with Crippen molar-refractivity contribution < 1.29 is 5.11 Å². The molecule has 3 heteroatoms. The smallest absolute Gasteiger partial charge is 0.0590 e. The molecule has 17 heavy (non-hydrogen) atoms. The van der Waals surface area contributed by atoms with E-state index in [4.69, 9.17) is 5.11 Å². The molecule has 1 aromatic carbocycles. The van der Waals surface area contributed by atoms with Gasteiger partial charge in [0.05, 0.1) is 12.6 Å². The Hall–Kier alpha value is -0.800. The molecule has 0 aliphatic carbocycles. The second kappa shape index (κ2) is 9.25. The molecule has 94 valence electrons. The summed E-state index contributed by atoms with van der Waals surface area (Å²) in [5.74, 6) is 1.80. The average molecular weight is 251 g/mol. The van der Waals surface area contributed by atoms with Gasteiger partial charge in [-0.05, 0) is 12.0 Å². The van der Waals surface area contributed by atoms with Gasteiger partial charge in [-0.2, -0.15) is 11.8 Å². The fourth-order valence-corrected chi connectivity index (χ4v) is 2.37. The van der Waals surface area contributed by atoms with E-state index in [1.54, 1.807) is 11.8 Å². The predicted molar refractivity (Wildman–Crippen MR) is 77.1 cm³/mol. The van der Waals surface area contributed by atoms with Gasteiger partial charge in [0.15, 0.2) is 0 Å². The van der Waals surface area contributed by atoms with Crippen molar-refractivity contribution in [3.63, 3.8) is 0 Å². The van der Waals surface area contributed by atoms with Crippen molar-refractivity contribution in [3.05, 3.63) is 35.9 Å². The largest absolute Gasteiger partial charge is 0.396 e. The normalized spacial score (nSPS) is 13.1. The summed E-state index contributed by atoms with van der Waals surface area (Å²) >= 11 is 1.77. The highest BCUT2D eigenvalue weighted by Crippen LogP contribution is 2.10. The van der Waals surface area contributed by atoms with E-state index in [1.165, 1.54) is 0 Å². The Kier molecular flexibility index (Phi) is 7.76. The Morgan fingerprint density at radius 1 is 1.35 bits per heavy atom. The van der Waals surface area contributed by atoms with Gasteiger partial charge in [-0.1, -0.05) is 43.7 Å². The van der Waals surface area contributed by atoms with Gasteiger partial charge in [0.2, 0.25) is 0 Å². The van der Waals surface area contributed by atoms with Gasteiger partial charge in [0, 0.05) is 17.7 Å². The summed E-state index contributed by atoms with van der Waals surface area (Å²) in [6.07, 6.45) is 4.22. The second-order valence-corrected chi connectivity index (χ2v) is 5.08. The van der Waals surface area contributed by atoms with Crippen LogP contribution in [-0.4, -0.2) is 35.5 Å². The molecule has 1 N–H and O–H groups in total. The number of benzene rings is 1. The standard InChI is InChI=1S/C14H21NOS/c1-2-6-14(12-17-10-9-16)15-11-13-7-4-3-5-8-13/h3-5,7-8,11,14,16H,2,6,9-10,12H2,1H3. The zero-order valence-corrected chi connectivity index (χ0v) is 11.2. The van der Waals surface area contributed by atoms with Crippen LogP contribution in [0.15, 0.2) is 35.3 Å². The maximum absolute atomic E-state index is 8.76. The number of hydrogen-bond acceptors (Lipinski definition) is 3. The molecule has 0 fully saturated rings. The summed E-state index contributed by atoms with van der Waals surface area (Å²) in [6, 6.07) is 10.6. The fourth-order valence-electron chi connectivity index (χ4n) is 1.55. The molecule has 1 atom stereocenters. The van der Waals surface area contributed by atoms with E-state index in [9.17, 15) is 0 Å². The van der Waals surface area contributed by atoms with Gasteiger partial charge in [-0.25, -0.2) is 0 Å². The molecule has 2 nitrogen and oxygen atoms in total. The van der Waals surface area contributed by atoms with Gasteiger partial charge < -0.3 is 5.11 Å². The molecule has 0 aliphatic heterocycles. The summed E-state index contributed by atoms with van der Waals surface area (Å²) in [6.45, 7) is 2.44. The Labute approximate surface area is 108 Å². The van der Waals surface area contributed by atoms with Crippen molar-refractivity contribution in [2.45, 2.75) is 25.8 Å². The molecular formula is C14H21NOS. The van der Waals surface area contributed by atoms with Crippen LogP contribution in [-0.2, 0) is 0 Å². The summed E-state index contributed by atoms with van der Waals surface area (Å²) in [5, 5.41) is 8.76. The molecule has 0 radical (unpaired) electrons. The van der Waals surface area contributed by atoms with Crippen molar-refractivity contribution in [1.29, 1.82) is 0 Å². The third-order valence-electron chi connectivity index (χ3n) is 2.40. The lowest BCUT2D eigenvalue weighted by molar-refractivity contribution is 0.322. The van der Waals surface area contributed by atoms with Crippen LogP contribution in [0.5, 0.6) is 0 Å². The first-order valence-corrected chi connectivity index (χ1v) is 7.29. The Balaban J connectivity index is 2.45. The number of rotatable bonds is 8. The molecule has 1 aromatic rings. The third-order valence-corrected chi connectivity index (χ3v) is 3.49. The third kappa shape index (κ3) is 6.49. The van der Waals surface area contributed by atoms with Crippen LogP contribution in [0, 0.1) is 0 Å². The van der Waals surface area contributed by atoms with Crippen LogP contribution in [0.1, 0.15) is 25.3 Å². The van der Waals surface area contributed by atoms with Crippen molar-refractivity contribution >= 4 is 18.0 Å². The second-order valence-electron chi connectivity index (χ2n) is 3.93. The van der Waals surface area contributed by atoms with E-state index in [-0.39, 0.29) is 6.61 Å². The van der Waals surface area contributed by atoms with Crippen LogP contribution in [0.2, 0.25) is 0 Å². The monoisotopic (exact) mass is 251 g/mol. The van der Waals surface area contributed by atoms with Crippen molar-refractivity contribution in [2.24, 2.45) is 4.99 Å². The molecule has 0 amide bonds. The SMILES string of the molecule is CCCC(CSCCO)N=Cc1ccccc1. The van der Waals surface area contributed by atoms with Gasteiger partial charge in [-0.3, -0.25) is 4.99 Å². The quantitative estimate of drug-likeness (QED) is 0.569. The predicted octanol–water partition coefficient (Wildman–Crippen LogP) is 3.00. The lowest BCUT2D eigenvalue weighted by Crippen LogP contribution is -2.09. The number of aliphatic hydroxyl groups is 1. The van der Waals surface area contributed by atoms with Gasteiger partial charge in [0.25, 0.3) is 0 Å². The molecule has 1 rings (SSSR count). The first-order valence-electron chi connectivity index (χ1n) is 6.13. The zero-order valence-electron chi connectivity index (χ0n) is 10.4. The maximum Gasteiger partial charge on any atom is 0.0590 e. The van der Waals surface area contributed by atoms with E-state index in [0.717, 1.165) is 29.9 Å². The minimum atomic E-state index is 0.256. The van der Waals surface area contributed by atoms with Crippen LogP contribution >= 0.6 is 11.8 Å². The number of aliphatic imine (C=N–C) groups is 1. The van der Waals surface area contributed by atoms with E-state index in [1.807, 2.05) is 24.4 Å². The van der Waals surface area contributed by atoms with Gasteiger partial charge >= 0.3 is 0 Å². The molecule has 0 heterocycles. The minimum absolute atomic E-state index is 0.256. The highest BCUT2D eigenvalue weighted by molar-refractivity contribution is 7.99. The number of nitrogens with zero attached hydrogens (tertiary/aromatic N) is 1. The Bertz CT molecular complexity index is 313. The molecule has 0 aromatic heterocycles. The molecule has 0 saturated heterocycles. The van der Waals surface area contributed by atoms with E-state index < -0.39 is 0 Å². The topological polar surface area (TPSA) is 32.6 Å². The maximum atomic E-state index is 8.76. The molecular weight excluding hydrogens is 230 g/mol. The first-order chi connectivity index (χ1) is 8.36. The summed E-state index contributed by atoms with van der Waals surface area (Å²) < 4.78 is 0. The van der Waals surface area contributed by atoms with Crippen molar-refractivity contribution in [3.8, 4) is 0 Å². The highest BCUT2D eigenvalue weighted by Gasteiger charge is 2.04. The lowest BCUT2D eigenvalue weighted by atomic mass is 10.2.